The van der Waals surface area contributed by atoms with E-state index in [-0.39, 0.29) is 12.1 Å². The Morgan fingerprint density at radius 2 is 2.25 bits per heavy atom. The number of halogens is 3. The molecular formula is C8H9F3N2O3. The van der Waals surface area contributed by atoms with Crippen LogP contribution in [0.5, 0.6) is 0 Å². The third-order valence-corrected chi connectivity index (χ3v) is 1.64. The molecule has 1 aromatic heterocycles. The van der Waals surface area contributed by atoms with Gasteiger partial charge in [-0.2, -0.15) is 5.10 Å². The van der Waals surface area contributed by atoms with Crippen LogP contribution >= 0.6 is 0 Å². The molecule has 0 aliphatic carbocycles. The zero-order chi connectivity index (χ0) is 12.2. The minimum atomic E-state index is -4.65. The highest BCUT2D eigenvalue weighted by Crippen LogP contribution is 2.15. The Morgan fingerprint density at radius 1 is 1.56 bits per heavy atom. The molecule has 0 fully saturated rings. The summed E-state index contributed by atoms with van der Waals surface area (Å²) >= 11 is 0. The van der Waals surface area contributed by atoms with Gasteiger partial charge < -0.3 is 4.74 Å². The van der Waals surface area contributed by atoms with Crippen LogP contribution in [0.15, 0.2) is 12.4 Å². The van der Waals surface area contributed by atoms with Crippen molar-refractivity contribution < 1.29 is 27.4 Å². The van der Waals surface area contributed by atoms with E-state index in [0.29, 0.717) is 0 Å². The van der Waals surface area contributed by atoms with Gasteiger partial charge >= 0.3 is 12.3 Å². The lowest BCUT2D eigenvalue weighted by Crippen LogP contribution is -2.17. The van der Waals surface area contributed by atoms with Crippen LogP contribution in [0.3, 0.4) is 0 Å². The maximum absolute atomic E-state index is 11.6. The highest BCUT2D eigenvalue weighted by atomic mass is 19.4. The quantitative estimate of drug-likeness (QED) is 0.740. The molecule has 0 saturated carbocycles. The normalized spacial score (nSPS) is 11.5. The molecule has 0 unspecified atom stereocenters. The van der Waals surface area contributed by atoms with Crippen LogP contribution in [0.2, 0.25) is 0 Å². The maximum Gasteiger partial charge on any atom is 0.522 e. The molecule has 16 heavy (non-hydrogen) atoms. The minimum absolute atomic E-state index is 0.101. The lowest BCUT2D eigenvalue weighted by molar-refractivity contribution is -0.325. The molecule has 0 saturated heterocycles. The number of carbonyl (C=O) groups excluding carboxylic acids is 1. The Morgan fingerprint density at radius 3 is 2.81 bits per heavy atom. The number of carbonyl (C=O) groups is 1. The van der Waals surface area contributed by atoms with Crippen LogP contribution in [0.25, 0.3) is 0 Å². The second-order valence-corrected chi connectivity index (χ2v) is 2.78. The summed E-state index contributed by atoms with van der Waals surface area (Å²) in [5.41, 5.74) is 0.175. The number of hydrogen-bond acceptors (Lipinski definition) is 4. The second-order valence-electron chi connectivity index (χ2n) is 2.78. The third kappa shape index (κ3) is 3.89. The molecular weight excluding hydrogens is 229 g/mol. The van der Waals surface area contributed by atoms with Gasteiger partial charge in [0.25, 0.3) is 0 Å². The Kier molecular flexibility index (Phi) is 3.88. The topological polar surface area (TPSA) is 53.3 Å². The minimum Gasteiger partial charge on any atom is -0.465 e. The Labute approximate surface area is 88.7 Å². The van der Waals surface area contributed by atoms with Crippen molar-refractivity contribution in [2.45, 2.75) is 12.9 Å². The van der Waals surface area contributed by atoms with Gasteiger partial charge in [0.05, 0.1) is 32.0 Å². The molecule has 5 nitrogen and oxygen atoms in total. The van der Waals surface area contributed by atoms with E-state index >= 15 is 0 Å². The first-order chi connectivity index (χ1) is 7.42. The summed E-state index contributed by atoms with van der Waals surface area (Å²) in [6, 6.07) is 0. The van der Waals surface area contributed by atoms with Crippen LogP contribution < -0.4 is 0 Å². The summed E-state index contributed by atoms with van der Waals surface area (Å²) in [7, 11) is 1.20. The van der Waals surface area contributed by atoms with Crippen molar-refractivity contribution in [3.05, 3.63) is 18.0 Å². The van der Waals surface area contributed by atoms with Crippen molar-refractivity contribution in [2.24, 2.45) is 0 Å². The monoisotopic (exact) mass is 238 g/mol. The summed E-state index contributed by atoms with van der Waals surface area (Å²) in [6.45, 7) is -0.664. The number of rotatable bonds is 4. The highest BCUT2D eigenvalue weighted by Gasteiger charge is 2.28. The van der Waals surface area contributed by atoms with Gasteiger partial charge in [0.2, 0.25) is 0 Å². The summed E-state index contributed by atoms with van der Waals surface area (Å²) in [4.78, 5) is 11.0. The van der Waals surface area contributed by atoms with E-state index in [9.17, 15) is 18.0 Å². The second kappa shape index (κ2) is 4.97. The van der Waals surface area contributed by atoms with E-state index in [0.717, 1.165) is 4.68 Å². The van der Waals surface area contributed by atoms with Crippen molar-refractivity contribution in [1.29, 1.82) is 0 Å². The molecule has 0 aliphatic rings. The van der Waals surface area contributed by atoms with Gasteiger partial charge in [0, 0.05) is 6.20 Å². The Hall–Kier alpha value is -1.57. The average Bonchev–Trinajstić information content (AvgIpc) is 2.63. The standard InChI is InChI=1S/C8H9F3N2O3/c1-15-7(14)6-4-12-13(5-6)2-3-16-8(9,10)11/h4-5H,2-3H2,1H3. The van der Waals surface area contributed by atoms with Crippen LogP contribution in [-0.4, -0.2) is 35.8 Å². The van der Waals surface area contributed by atoms with E-state index < -0.39 is 18.9 Å². The number of alkyl halides is 3. The van der Waals surface area contributed by atoms with Crippen molar-refractivity contribution in [1.82, 2.24) is 9.78 Å². The number of methoxy groups -OCH3 is 1. The van der Waals surface area contributed by atoms with E-state index in [4.69, 9.17) is 0 Å². The molecule has 0 N–H and O–H groups in total. The van der Waals surface area contributed by atoms with Crippen molar-refractivity contribution in [3.63, 3.8) is 0 Å². The van der Waals surface area contributed by atoms with Crippen molar-refractivity contribution in [3.8, 4) is 0 Å². The Bertz CT molecular complexity index is 362. The van der Waals surface area contributed by atoms with Gasteiger partial charge in [0.15, 0.2) is 0 Å². The fourth-order valence-corrected chi connectivity index (χ4v) is 0.964. The first-order valence-corrected chi connectivity index (χ1v) is 4.24. The fraction of sp³-hybridized carbons (Fsp3) is 0.500. The molecule has 0 spiro atoms. The molecule has 0 aromatic carbocycles. The van der Waals surface area contributed by atoms with Crippen LogP contribution in [0.1, 0.15) is 10.4 Å². The molecule has 1 rings (SSSR count). The smallest absolute Gasteiger partial charge is 0.465 e. The van der Waals surface area contributed by atoms with E-state index in [1.807, 2.05) is 0 Å². The number of aromatic nitrogens is 2. The van der Waals surface area contributed by atoms with Gasteiger partial charge in [-0.15, -0.1) is 13.2 Å². The van der Waals surface area contributed by atoms with E-state index in [2.05, 4.69) is 14.6 Å². The highest BCUT2D eigenvalue weighted by molar-refractivity contribution is 5.88. The van der Waals surface area contributed by atoms with E-state index in [1.54, 1.807) is 0 Å². The summed E-state index contributed by atoms with van der Waals surface area (Å²) in [5, 5.41) is 3.67. The number of hydrogen-bond donors (Lipinski definition) is 0. The first-order valence-electron chi connectivity index (χ1n) is 4.24. The largest absolute Gasteiger partial charge is 0.522 e. The fourth-order valence-electron chi connectivity index (χ4n) is 0.964. The van der Waals surface area contributed by atoms with Gasteiger partial charge in [-0.1, -0.05) is 0 Å². The predicted molar refractivity (Wildman–Crippen MR) is 45.6 cm³/mol. The Balaban J connectivity index is 2.44. The van der Waals surface area contributed by atoms with Crippen LogP contribution in [-0.2, 0) is 16.0 Å². The lowest BCUT2D eigenvalue weighted by Gasteiger charge is -2.06. The zero-order valence-corrected chi connectivity index (χ0v) is 8.32. The number of ether oxygens (including phenoxy) is 2. The number of nitrogens with zero attached hydrogens (tertiary/aromatic N) is 2. The van der Waals surface area contributed by atoms with Crippen molar-refractivity contribution in [2.75, 3.05) is 13.7 Å². The van der Waals surface area contributed by atoms with Crippen LogP contribution in [0.4, 0.5) is 13.2 Å². The molecule has 0 radical (unpaired) electrons. The molecule has 1 heterocycles. The summed E-state index contributed by atoms with van der Waals surface area (Å²) in [6.07, 6.45) is -2.16. The van der Waals surface area contributed by atoms with Gasteiger partial charge in [-0.05, 0) is 0 Å². The van der Waals surface area contributed by atoms with Crippen molar-refractivity contribution >= 4 is 5.97 Å². The SMILES string of the molecule is COC(=O)c1cnn(CCOC(F)(F)F)c1. The van der Waals surface area contributed by atoms with Gasteiger partial charge in [-0.25, -0.2) is 4.79 Å². The average molecular weight is 238 g/mol. The molecule has 0 aliphatic heterocycles. The lowest BCUT2D eigenvalue weighted by atomic mass is 10.4. The summed E-state index contributed by atoms with van der Waals surface area (Å²) in [5.74, 6) is -0.594. The first kappa shape index (κ1) is 12.5. The maximum atomic E-state index is 11.6. The van der Waals surface area contributed by atoms with Crippen LogP contribution in [0, 0.1) is 0 Å². The zero-order valence-electron chi connectivity index (χ0n) is 8.32. The molecule has 8 heteroatoms. The molecule has 90 valence electrons. The molecule has 0 amide bonds. The van der Waals surface area contributed by atoms with Gasteiger partial charge in [0.1, 0.15) is 0 Å². The predicted octanol–water partition coefficient (Wildman–Crippen LogP) is 1.21. The molecule has 0 bridgehead atoms. The van der Waals surface area contributed by atoms with Gasteiger partial charge in [-0.3, -0.25) is 9.42 Å². The molecule has 0 atom stereocenters. The third-order valence-electron chi connectivity index (χ3n) is 1.64. The number of esters is 1. The molecule has 1 aromatic rings. The summed E-state index contributed by atoms with van der Waals surface area (Å²) < 4.78 is 44.0. The van der Waals surface area contributed by atoms with E-state index in [1.165, 1.54) is 19.5 Å².